The lowest BCUT2D eigenvalue weighted by Gasteiger charge is -2.18. The van der Waals surface area contributed by atoms with Gasteiger partial charge in [-0.3, -0.25) is 4.79 Å². The number of hydrogen-bond donors (Lipinski definition) is 1. The minimum atomic E-state index is -4.09. The topological polar surface area (TPSA) is 93.6 Å². The number of nitrogens with zero attached hydrogens (tertiary/aromatic N) is 1. The van der Waals surface area contributed by atoms with E-state index >= 15 is 0 Å². The standard InChI is InChI=1S/C15H16Cl2N2O4S/c1-8-13(14(9(2)23-8)24(18,21)22)15(20)19(3)7-10-4-5-11(16)12(17)6-10/h4-6H,7H2,1-3H3,(H2,18,21,22). The van der Waals surface area contributed by atoms with Gasteiger partial charge in [0.25, 0.3) is 5.91 Å². The van der Waals surface area contributed by atoms with Crippen molar-refractivity contribution in [3.05, 3.63) is 50.9 Å². The van der Waals surface area contributed by atoms with Crippen LogP contribution in [-0.4, -0.2) is 26.3 Å². The van der Waals surface area contributed by atoms with E-state index < -0.39 is 15.9 Å². The minimum absolute atomic E-state index is 0.0578. The second kappa shape index (κ2) is 6.76. The monoisotopic (exact) mass is 390 g/mol. The minimum Gasteiger partial charge on any atom is -0.464 e. The lowest BCUT2D eigenvalue weighted by atomic mass is 10.2. The van der Waals surface area contributed by atoms with Gasteiger partial charge in [0, 0.05) is 13.6 Å². The molecule has 0 unspecified atom stereocenters. The first-order valence-corrected chi connectivity index (χ1v) is 9.14. The number of benzene rings is 1. The molecule has 1 aromatic heterocycles. The first-order chi connectivity index (χ1) is 11.0. The van der Waals surface area contributed by atoms with Crippen molar-refractivity contribution in [3.63, 3.8) is 0 Å². The molecule has 0 fully saturated rings. The Morgan fingerprint density at radius 1 is 1.21 bits per heavy atom. The lowest BCUT2D eigenvalue weighted by Crippen LogP contribution is -2.28. The Morgan fingerprint density at radius 3 is 2.38 bits per heavy atom. The van der Waals surface area contributed by atoms with Crippen LogP contribution in [0.5, 0.6) is 0 Å². The Balaban J connectivity index is 2.37. The fourth-order valence-corrected chi connectivity index (χ4v) is 3.71. The molecule has 1 heterocycles. The van der Waals surface area contributed by atoms with E-state index in [1.807, 2.05) is 0 Å². The van der Waals surface area contributed by atoms with Gasteiger partial charge in [0.15, 0.2) is 0 Å². The molecule has 2 aromatic rings. The average molecular weight is 391 g/mol. The van der Waals surface area contributed by atoms with Crippen molar-refractivity contribution >= 4 is 39.1 Å². The fourth-order valence-electron chi connectivity index (χ4n) is 2.43. The summed E-state index contributed by atoms with van der Waals surface area (Å²) in [6.45, 7) is 3.17. The van der Waals surface area contributed by atoms with Crippen molar-refractivity contribution in [3.8, 4) is 0 Å². The Morgan fingerprint density at radius 2 is 1.83 bits per heavy atom. The summed E-state index contributed by atoms with van der Waals surface area (Å²) < 4.78 is 28.8. The number of primary sulfonamides is 1. The van der Waals surface area contributed by atoms with E-state index in [0.717, 1.165) is 5.56 Å². The van der Waals surface area contributed by atoms with Crippen molar-refractivity contribution in [2.24, 2.45) is 5.14 Å². The van der Waals surface area contributed by atoms with E-state index in [0.29, 0.717) is 10.0 Å². The highest BCUT2D eigenvalue weighted by molar-refractivity contribution is 7.89. The predicted octanol–water partition coefficient (Wildman–Crippen LogP) is 3.12. The van der Waals surface area contributed by atoms with Gasteiger partial charge < -0.3 is 9.32 Å². The van der Waals surface area contributed by atoms with E-state index in [2.05, 4.69) is 0 Å². The van der Waals surface area contributed by atoms with Crippen LogP contribution in [0.2, 0.25) is 10.0 Å². The lowest BCUT2D eigenvalue weighted by molar-refractivity contribution is 0.0780. The van der Waals surface area contributed by atoms with Gasteiger partial charge in [0.1, 0.15) is 22.0 Å². The molecule has 1 amide bonds. The first kappa shape index (κ1) is 18.8. The molecule has 0 aliphatic rings. The van der Waals surface area contributed by atoms with Crippen molar-refractivity contribution in [2.45, 2.75) is 25.3 Å². The summed E-state index contributed by atoms with van der Waals surface area (Å²) in [5.41, 5.74) is 0.688. The van der Waals surface area contributed by atoms with Crippen LogP contribution in [0.25, 0.3) is 0 Å². The molecule has 0 saturated carbocycles. The fraction of sp³-hybridized carbons (Fsp3) is 0.267. The number of halogens is 2. The molecule has 0 atom stereocenters. The van der Waals surface area contributed by atoms with Crippen molar-refractivity contribution in [1.29, 1.82) is 0 Å². The second-order valence-electron chi connectivity index (χ2n) is 5.37. The zero-order valence-corrected chi connectivity index (χ0v) is 15.6. The Labute approximate surface area is 150 Å². The van der Waals surface area contributed by atoms with Gasteiger partial charge in [-0.1, -0.05) is 29.3 Å². The van der Waals surface area contributed by atoms with E-state index in [4.69, 9.17) is 32.8 Å². The summed E-state index contributed by atoms with van der Waals surface area (Å²) in [5.74, 6) is -0.233. The van der Waals surface area contributed by atoms with E-state index in [-0.39, 0.29) is 28.5 Å². The average Bonchev–Trinajstić information content (AvgIpc) is 2.76. The summed E-state index contributed by atoms with van der Waals surface area (Å²) in [4.78, 5) is 13.8. The predicted molar refractivity (Wildman–Crippen MR) is 91.8 cm³/mol. The van der Waals surface area contributed by atoms with Crippen LogP contribution >= 0.6 is 23.2 Å². The van der Waals surface area contributed by atoms with Crippen molar-refractivity contribution in [2.75, 3.05) is 7.05 Å². The maximum atomic E-state index is 12.7. The summed E-state index contributed by atoms with van der Waals surface area (Å²) in [5, 5.41) is 5.99. The van der Waals surface area contributed by atoms with Crippen LogP contribution in [0.4, 0.5) is 0 Å². The molecule has 9 heteroatoms. The molecule has 0 saturated heterocycles. The smallest absolute Gasteiger partial charge is 0.258 e. The molecule has 0 bridgehead atoms. The Bertz CT molecular complexity index is 906. The molecule has 24 heavy (non-hydrogen) atoms. The number of hydrogen-bond acceptors (Lipinski definition) is 4. The molecule has 0 aliphatic carbocycles. The Hall–Kier alpha value is -1.54. The van der Waals surface area contributed by atoms with Gasteiger partial charge in [-0.2, -0.15) is 0 Å². The van der Waals surface area contributed by atoms with Crippen molar-refractivity contribution < 1.29 is 17.6 Å². The number of aryl methyl sites for hydroxylation is 2. The molecule has 1 aromatic carbocycles. The molecular weight excluding hydrogens is 375 g/mol. The third-order valence-corrected chi connectivity index (χ3v) is 5.25. The van der Waals surface area contributed by atoms with Crippen LogP contribution in [0, 0.1) is 13.8 Å². The van der Waals surface area contributed by atoms with Crippen LogP contribution in [-0.2, 0) is 16.6 Å². The third-order valence-electron chi connectivity index (χ3n) is 3.45. The number of amides is 1. The van der Waals surface area contributed by atoms with E-state index in [1.165, 1.54) is 18.7 Å². The normalized spacial score (nSPS) is 11.6. The van der Waals surface area contributed by atoms with Crippen LogP contribution in [0.1, 0.15) is 27.4 Å². The number of nitrogens with two attached hydrogens (primary N) is 1. The number of carbonyl (C=O) groups excluding carboxylic acids is 1. The van der Waals surface area contributed by atoms with Gasteiger partial charge >= 0.3 is 0 Å². The molecule has 6 nitrogen and oxygen atoms in total. The number of rotatable bonds is 4. The molecule has 2 N–H and O–H groups in total. The van der Waals surface area contributed by atoms with Gasteiger partial charge in [-0.25, -0.2) is 13.6 Å². The summed E-state index contributed by atoms with van der Waals surface area (Å²) in [7, 11) is -2.55. The molecule has 0 aliphatic heterocycles. The molecule has 0 spiro atoms. The van der Waals surface area contributed by atoms with Crippen LogP contribution in [0.15, 0.2) is 27.5 Å². The number of sulfonamides is 1. The maximum Gasteiger partial charge on any atom is 0.258 e. The SMILES string of the molecule is Cc1oc(C)c(S(N)(=O)=O)c1C(=O)N(C)Cc1ccc(Cl)c(Cl)c1. The molecule has 130 valence electrons. The maximum absolute atomic E-state index is 12.7. The van der Waals surface area contributed by atoms with Crippen molar-refractivity contribution in [1.82, 2.24) is 4.90 Å². The van der Waals surface area contributed by atoms with Crippen LogP contribution < -0.4 is 5.14 Å². The van der Waals surface area contributed by atoms with E-state index in [1.54, 1.807) is 25.2 Å². The van der Waals surface area contributed by atoms with Gasteiger partial charge in [-0.15, -0.1) is 0 Å². The molecule has 0 radical (unpaired) electrons. The molecule has 2 rings (SSSR count). The van der Waals surface area contributed by atoms with Gasteiger partial charge in [0.05, 0.1) is 10.0 Å². The molecular formula is C15H16Cl2N2O4S. The second-order valence-corrected chi connectivity index (χ2v) is 7.69. The first-order valence-electron chi connectivity index (χ1n) is 6.84. The number of carbonyl (C=O) groups is 1. The van der Waals surface area contributed by atoms with Gasteiger partial charge in [0.2, 0.25) is 10.0 Å². The van der Waals surface area contributed by atoms with E-state index in [9.17, 15) is 13.2 Å². The Kier molecular flexibility index (Phi) is 5.29. The third kappa shape index (κ3) is 3.75. The zero-order valence-electron chi connectivity index (χ0n) is 13.3. The number of furan rings is 1. The summed E-state index contributed by atoms with van der Waals surface area (Å²) in [6, 6.07) is 4.99. The van der Waals surface area contributed by atoms with Gasteiger partial charge in [-0.05, 0) is 31.5 Å². The highest BCUT2D eigenvalue weighted by Gasteiger charge is 2.30. The summed E-state index contributed by atoms with van der Waals surface area (Å²) in [6.07, 6.45) is 0. The quantitative estimate of drug-likeness (QED) is 0.867. The highest BCUT2D eigenvalue weighted by Crippen LogP contribution is 2.28. The summed E-state index contributed by atoms with van der Waals surface area (Å²) >= 11 is 11.8. The highest BCUT2D eigenvalue weighted by atomic mass is 35.5. The zero-order chi connectivity index (χ0) is 18.2. The van der Waals surface area contributed by atoms with Crippen LogP contribution in [0.3, 0.4) is 0 Å². The largest absolute Gasteiger partial charge is 0.464 e.